The third-order valence-electron chi connectivity index (χ3n) is 5.91. The summed E-state index contributed by atoms with van der Waals surface area (Å²) in [6, 6.07) is 14.3. The Balaban J connectivity index is 1.54. The van der Waals surface area contributed by atoms with Gasteiger partial charge in [-0.15, -0.1) is 0 Å². The molecule has 6 heteroatoms. The molecule has 0 aromatic heterocycles. The second-order valence-electron chi connectivity index (χ2n) is 8.31. The van der Waals surface area contributed by atoms with Crippen LogP contribution in [0.15, 0.2) is 42.5 Å². The molecule has 162 valence electrons. The number of nitrogens with zero attached hydrogens (tertiary/aromatic N) is 2. The number of aliphatic hydroxyl groups is 2. The van der Waals surface area contributed by atoms with Crippen LogP contribution in [0.25, 0.3) is 0 Å². The lowest BCUT2D eigenvalue weighted by molar-refractivity contribution is 0.0506. The molecule has 0 radical (unpaired) electrons. The van der Waals surface area contributed by atoms with Gasteiger partial charge in [-0.3, -0.25) is 4.79 Å². The van der Waals surface area contributed by atoms with Crippen molar-refractivity contribution in [3.63, 3.8) is 0 Å². The second kappa shape index (κ2) is 10.1. The number of aryl methyl sites for hydroxylation is 2. The number of amides is 1. The van der Waals surface area contributed by atoms with Crippen LogP contribution in [0.2, 0.25) is 0 Å². The van der Waals surface area contributed by atoms with Crippen molar-refractivity contribution in [2.75, 3.05) is 43.5 Å². The van der Waals surface area contributed by atoms with Crippen molar-refractivity contribution in [3.05, 3.63) is 59.2 Å². The highest BCUT2D eigenvalue weighted by Gasteiger charge is 2.23. The number of likely N-dealkylation sites (N-methyl/N-ethyl adjacent to an activating group) is 1. The van der Waals surface area contributed by atoms with Gasteiger partial charge in [0.2, 0.25) is 0 Å². The Morgan fingerprint density at radius 1 is 1.17 bits per heavy atom. The van der Waals surface area contributed by atoms with Gasteiger partial charge in [0.15, 0.2) is 0 Å². The van der Waals surface area contributed by atoms with Gasteiger partial charge in [0.25, 0.3) is 5.91 Å². The standard InChI is InChI=1S/C24H33N3O3/c1-17-4-9-23(18(2)14-17)24(30)25-19-5-7-21(8-6-19)27-12-10-20(11-13-27)26(3)15-22(29)16-28/h4-9,14,20,22,28-29H,10-13,15-16H2,1-3H3,(H,25,30)/t22-/m1/s1. The molecule has 0 bridgehead atoms. The van der Waals surface area contributed by atoms with Gasteiger partial charge in [-0.1, -0.05) is 17.7 Å². The minimum atomic E-state index is -0.681. The highest BCUT2D eigenvalue weighted by atomic mass is 16.3. The highest BCUT2D eigenvalue weighted by Crippen LogP contribution is 2.24. The molecule has 1 aliphatic rings. The molecule has 1 atom stereocenters. The first-order chi connectivity index (χ1) is 14.4. The van der Waals surface area contributed by atoms with E-state index in [1.807, 2.05) is 51.2 Å². The number of aliphatic hydroxyl groups excluding tert-OH is 2. The van der Waals surface area contributed by atoms with E-state index in [-0.39, 0.29) is 12.5 Å². The number of hydrogen-bond acceptors (Lipinski definition) is 5. The number of hydrogen-bond donors (Lipinski definition) is 3. The van der Waals surface area contributed by atoms with E-state index < -0.39 is 6.10 Å². The van der Waals surface area contributed by atoms with Crippen LogP contribution in [-0.2, 0) is 0 Å². The molecule has 1 heterocycles. The first-order valence-corrected chi connectivity index (χ1v) is 10.6. The van der Waals surface area contributed by atoms with Gasteiger partial charge in [-0.25, -0.2) is 0 Å². The summed E-state index contributed by atoms with van der Waals surface area (Å²) in [5.41, 5.74) is 4.76. The van der Waals surface area contributed by atoms with Crippen LogP contribution in [0.4, 0.5) is 11.4 Å². The number of rotatable bonds is 7. The Morgan fingerprint density at radius 3 is 2.43 bits per heavy atom. The van der Waals surface area contributed by atoms with Crippen molar-refractivity contribution >= 4 is 17.3 Å². The van der Waals surface area contributed by atoms with E-state index in [9.17, 15) is 9.90 Å². The second-order valence-corrected chi connectivity index (χ2v) is 8.31. The minimum absolute atomic E-state index is 0.0887. The minimum Gasteiger partial charge on any atom is -0.394 e. The van der Waals surface area contributed by atoms with Gasteiger partial charge >= 0.3 is 0 Å². The molecular weight excluding hydrogens is 378 g/mol. The average molecular weight is 412 g/mol. The fourth-order valence-electron chi connectivity index (χ4n) is 4.13. The van der Waals surface area contributed by atoms with E-state index in [1.54, 1.807) is 0 Å². The molecule has 0 unspecified atom stereocenters. The monoisotopic (exact) mass is 411 g/mol. The van der Waals surface area contributed by atoms with Crippen molar-refractivity contribution in [1.82, 2.24) is 4.90 Å². The summed E-state index contributed by atoms with van der Waals surface area (Å²) in [6.07, 6.45) is 1.35. The Labute approximate surface area is 179 Å². The summed E-state index contributed by atoms with van der Waals surface area (Å²) in [4.78, 5) is 17.1. The fraction of sp³-hybridized carbons (Fsp3) is 0.458. The summed E-state index contributed by atoms with van der Waals surface area (Å²) in [6.45, 7) is 6.16. The summed E-state index contributed by atoms with van der Waals surface area (Å²) in [7, 11) is 2.01. The Bertz CT molecular complexity index is 845. The Morgan fingerprint density at radius 2 is 1.83 bits per heavy atom. The van der Waals surface area contributed by atoms with Gasteiger partial charge in [0.1, 0.15) is 0 Å². The van der Waals surface area contributed by atoms with Crippen LogP contribution in [-0.4, -0.2) is 66.5 Å². The number of carbonyl (C=O) groups excluding carboxylic acids is 1. The molecule has 2 aromatic carbocycles. The summed E-state index contributed by atoms with van der Waals surface area (Å²) >= 11 is 0. The van der Waals surface area contributed by atoms with E-state index in [2.05, 4.69) is 27.2 Å². The zero-order chi connectivity index (χ0) is 21.7. The normalized spacial score (nSPS) is 16.0. The largest absolute Gasteiger partial charge is 0.394 e. The topological polar surface area (TPSA) is 76.0 Å². The first-order valence-electron chi connectivity index (χ1n) is 10.6. The zero-order valence-electron chi connectivity index (χ0n) is 18.1. The van der Waals surface area contributed by atoms with E-state index in [4.69, 9.17) is 5.11 Å². The maximum atomic E-state index is 12.6. The quantitative estimate of drug-likeness (QED) is 0.653. The Kier molecular flexibility index (Phi) is 7.48. The molecular formula is C24H33N3O3. The van der Waals surface area contributed by atoms with Gasteiger partial charge < -0.3 is 25.3 Å². The highest BCUT2D eigenvalue weighted by molar-refractivity contribution is 6.05. The Hall–Kier alpha value is -2.41. The zero-order valence-corrected chi connectivity index (χ0v) is 18.1. The molecule has 1 saturated heterocycles. The van der Waals surface area contributed by atoms with Crippen molar-refractivity contribution in [3.8, 4) is 0 Å². The van der Waals surface area contributed by atoms with Crippen molar-refractivity contribution in [2.24, 2.45) is 0 Å². The van der Waals surface area contributed by atoms with Gasteiger partial charge in [0.05, 0.1) is 12.7 Å². The van der Waals surface area contributed by atoms with E-state index in [1.165, 1.54) is 0 Å². The SMILES string of the molecule is Cc1ccc(C(=O)Nc2ccc(N3CCC(N(C)C[C@@H](O)CO)CC3)cc2)c(C)c1. The van der Waals surface area contributed by atoms with E-state index in [0.717, 1.165) is 48.4 Å². The molecule has 0 spiro atoms. The molecule has 1 amide bonds. The summed E-state index contributed by atoms with van der Waals surface area (Å²) < 4.78 is 0. The van der Waals surface area contributed by atoms with Crippen molar-refractivity contribution in [2.45, 2.75) is 38.8 Å². The maximum Gasteiger partial charge on any atom is 0.255 e. The average Bonchev–Trinajstić information content (AvgIpc) is 2.74. The van der Waals surface area contributed by atoms with Crippen molar-refractivity contribution in [1.29, 1.82) is 0 Å². The van der Waals surface area contributed by atoms with Gasteiger partial charge in [-0.2, -0.15) is 0 Å². The fourth-order valence-corrected chi connectivity index (χ4v) is 4.13. The molecule has 1 aliphatic heterocycles. The number of piperidine rings is 1. The van der Waals surface area contributed by atoms with Gasteiger partial charge in [0, 0.05) is 42.6 Å². The predicted octanol–water partition coefficient (Wildman–Crippen LogP) is 2.81. The van der Waals surface area contributed by atoms with E-state index >= 15 is 0 Å². The van der Waals surface area contributed by atoms with Crippen LogP contribution < -0.4 is 10.2 Å². The molecule has 0 saturated carbocycles. The third-order valence-corrected chi connectivity index (χ3v) is 5.91. The number of benzene rings is 2. The molecule has 3 rings (SSSR count). The van der Waals surface area contributed by atoms with Crippen LogP contribution in [0.5, 0.6) is 0 Å². The lowest BCUT2D eigenvalue weighted by Crippen LogP contribution is -2.46. The number of nitrogens with one attached hydrogen (secondary N) is 1. The van der Waals surface area contributed by atoms with Crippen LogP contribution >= 0.6 is 0 Å². The molecule has 1 fully saturated rings. The molecule has 2 aromatic rings. The summed E-state index contributed by atoms with van der Waals surface area (Å²) in [5.74, 6) is -0.0887. The summed E-state index contributed by atoms with van der Waals surface area (Å²) in [5, 5.41) is 21.7. The van der Waals surface area contributed by atoms with E-state index in [0.29, 0.717) is 18.2 Å². The smallest absolute Gasteiger partial charge is 0.255 e. The predicted molar refractivity (Wildman–Crippen MR) is 121 cm³/mol. The van der Waals surface area contributed by atoms with Crippen molar-refractivity contribution < 1.29 is 15.0 Å². The van der Waals surface area contributed by atoms with Crippen LogP contribution in [0, 0.1) is 13.8 Å². The first kappa shape index (κ1) is 22.3. The lowest BCUT2D eigenvalue weighted by atomic mass is 10.0. The van der Waals surface area contributed by atoms with Crippen LogP contribution in [0.1, 0.15) is 34.3 Å². The molecule has 3 N–H and O–H groups in total. The van der Waals surface area contributed by atoms with Gasteiger partial charge in [-0.05, 0) is 69.6 Å². The van der Waals surface area contributed by atoms with Crippen LogP contribution in [0.3, 0.4) is 0 Å². The number of carbonyl (C=O) groups is 1. The maximum absolute atomic E-state index is 12.6. The number of anilines is 2. The third kappa shape index (κ3) is 5.59. The lowest BCUT2D eigenvalue weighted by Gasteiger charge is -2.38. The molecule has 30 heavy (non-hydrogen) atoms. The molecule has 6 nitrogen and oxygen atoms in total. The molecule has 0 aliphatic carbocycles.